The normalized spacial score (nSPS) is 23.7. The van der Waals surface area contributed by atoms with E-state index in [4.69, 9.17) is 11.6 Å². The quantitative estimate of drug-likeness (QED) is 0.877. The third-order valence-electron chi connectivity index (χ3n) is 3.21. The van der Waals surface area contributed by atoms with Crippen LogP contribution < -0.4 is 5.32 Å². The van der Waals surface area contributed by atoms with Crippen LogP contribution >= 0.6 is 27.5 Å². The Bertz CT molecular complexity index is 435. The zero-order chi connectivity index (χ0) is 12.4. The maximum absolute atomic E-state index is 12.0. The third kappa shape index (κ3) is 3.23. The summed E-state index contributed by atoms with van der Waals surface area (Å²) in [5.74, 6) is 0.707. The summed E-state index contributed by atoms with van der Waals surface area (Å²) >= 11 is 9.22. The van der Waals surface area contributed by atoms with E-state index >= 15 is 0 Å². The van der Waals surface area contributed by atoms with E-state index in [0.717, 1.165) is 23.2 Å². The van der Waals surface area contributed by atoms with Crippen LogP contribution in [0, 0.1) is 5.92 Å². The van der Waals surface area contributed by atoms with E-state index in [9.17, 15) is 4.79 Å². The first kappa shape index (κ1) is 12.9. The van der Waals surface area contributed by atoms with Crippen molar-refractivity contribution in [3.05, 3.63) is 33.3 Å². The van der Waals surface area contributed by atoms with Crippen molar-refractivity contribution in [3.63, 3.8) is 0 Å². The van der Waals surface area contributed by atoms with E-state index in [1.165, 1.54) is 6.42 Å². The summed E-state index contributed by atoms with van der Waals surface area (Å²) in [6.07, 6.45) is 3.37. The van der Waals surface area contributed by atoms with Crippen molar-refractivity contribution >= 4 is 33.4 Å². The Morgan fingerprint density at radius 1 is 1.47 bits per heavy atom. The van der Waals surface area contributed by atoms with Gasteiger partial charge in [0, 0.05) is 16.1 Å². The van der Waals surface area contributed by atoms with Crippen LogP contribution in [-0.2, 0) is 0 Å². The largest absolute Gasteiger partial charge is 0.349 e. The predicted molar refractivity (Wildman–Crippen MR) is 73.4 cm³/mol. The second-order valence-corrected chi connectivity index (χ2v) is 5.98. The first-order valence-corrected chi connectivity index (χ1v) is 6.99. The first-order valence-electron chi connectivity index (χ1n) is 5.82. The Morgan fingerprint density at radius 3 is 2.82 bits per heavy atom. The van der Waals surface area contributed by atoms with E-state index in [1.54, 1.807) is 18.2 Å². The number of halogens is 2. The summed E-state index contributed by atoms with van der Waals surface area (Å²) in [7, 11) is 0. The number of amides is 1. The summed E-state index contributed by atoms with van der Waals surface area (Å²) in [5, 5.41) is 3.69. The molecule has 1 saturated carbocycles. The molecule has 1 aromatic rings. The molecule has 92 valence electrons. The van der Waals surface area contributed by atoms with Crippen LogP contribution in [0.4, 0.5) is 0 Å². The van der Waals surface area contributed by atoms with Gasteiger partial charge in [0.25, 0.3) is 5.91 Å². The maximum atomic E-state index is 12.0. The molecule has 0 aliphatic heterocycles. The molecule has 2 nitrogen and oxygen atoms in total. The second kappa shape index (κ2) is 5.40. The highest BCUT2D eigenvalue weighted by atomic mass is 79.9. The fraction of sp³-hybridized carbons (Fsp3) is 0.462. The van der Waals surface area contributed by atoms with E-state index < -0.39 is 0 Å². The van der Waals surface area contributed by atoms with Crippen LogP contribution in [-0.4, -0.2) is 11.9 Å². The molecule has 1 aliphatic carbocycles. The molecule has 0 radical (unpaired) electrons. The molecule has 0 bridgehead atoms. The Balaban J connectivity index is 2.02. The Hall–Kier alpha value is -0.540. The average Bonchev–Trinajstić information content (AvgIpc) is 2.68. The molecule has 4 heteroatoms. The maximum Gasteiger partial charge on any atom is 0.251 e. The summed E-state index contributed by atoms with van der Waals surface area (Å²) in [5.41, 5.74) is 0.654. The van der Waals surface area contributed by atoms with Gasteiger partial charge in [0.1, 0.15) is 0 Å². The minimum atomic E-state index is -0.0125. The van der Waals surface area contributed by atoms with Gasteiger partial charge >= 0.3 is 0 Å². The van der Waals surface area contributed by atoms with E-state index in [0.29, 0.717) is 16.6 Å². The lowest BCUT2D eigenvalue weighted by molar-refractivity contribution is 0.0937. The summed E-state index contributed by atoms with van der Waals surface area (Å²) in [4.78, 5) is 12.0. The van der Waals surface area contributed by atoms with Crippen LogP contribution in [0.15, 0.2) is 22.7 Å². The van der Waals surface area contributed by atoms with Crippen molar-refractivity contribution in [1.29, 1.82) is 0 Å². The fourth-order valence-electron chi connectivity index (χ4n) is 2.24. The number of nitrogens with one attached hydrogen (secondary N) is 1. The Morgan fingerprint density at radius 2 is 2.24 bits per heavy atom. The van der Waals surface area contributed by atoms with Crippen LogP contribution in [0.2, 0.25) is 5.02 Å². The van der Waals surface area contributed by atoms with Gasteiger partial charge in [-0.3, -0.25) is 4.79 Å². The van der Waals surface area contributed by atoms with Crippen molar-refractivity contribution < 1.29 is 4.79 Å². The SMILES string of the molecule is CC1CCC(NC(=O)c2ccc(Cl)c(Br)c2)C1. The molecular formula is C13H15BrClNO. The topological polar surface area (TPSA) is 29.1 Å². The minimum Gasteiger partial charge on any atom is -0.349 e. The standard InChI is InChI=1S/C13H15BrClNO/c1-8-2-4-10(6-8)16-13(17)9-3-5-12(15)11(14)7-9/h3,5,7-8,10H,2,4,6H2,1H3,(H,16,17). The van der Waals surface area contributed by atoms with Gasteiger partial charge in [-0.25, -0.2) is 0 Å². The van der Waals surface area contributed by atoms with Gasteiger partial charge in [-0.1, -0.05) is 18.5 Å². The molecule has 1 fully saturated rings. The zero-order valence-electron chi connectivity index (χ0n) is 9.67. The van der Waals surface area contributed by atoms with E-state index in [-0.39, 0.29) is 5.91 Å². The second-order valence-electron chi connectivity index (χ2n) is 4.72. The van der Waals surface area contributed by atoms with Gasteiger partial charge in [0.15, 0.2) is 0 Å². The van der Waals surface area contributed by atoms with Gasteiger partial charge in [-0.2, -0.15) is 0 Å². The molecule has 17 heavy (non-hydrogen) atoms. The van der Waals surface area contributed by atoms with Gasteiger partial charge in [0.05, 0.1) is 5.02 Å². The van der Waals surface area contributed by atoms with Gasteiger partial charge < -0.3 is 5.32 Å². The van der Waals surface area contributed by atoms with Crippen molar-refractivity contribution in [3.8, 4) is 0 Å². The molecule has 1 N–H and O–H groups in total. The summed E-state index contributed by atoms with van der Waals surface area (Å²) in [6.45, 7) is 2.23. The Labute approximate surface area is 115 Å². The predicted octanol–water partition coefficient (Wildman–Crippen LogP) is 4.02. The highest BCUT2D eigenvalue weighted by molar-refractivity contribution is 9.10. The lowest BCUT2D eigenvalue weighted by Gasteiger charge is -2.12. The molecule has 0 aromatic heterocycles. The molecule has 0 saturated heterocycles. The van der Waals surface area contributed by atoms with Crippen LogP contribution in [0.25, 0.3) is 0 Å². The molecule has 2 atom stereocenters. The first-order chi connectivity index (χ1) is 8.06. The molecule has 1 aliphatic rings. The van der Waals surface area contributed by atoms with Gasteiger partial charge in [0.2, 0.25) is 0 Å². The molecule has 0 heterocycles. The van der Waals surface area contributed by atoms with Crippen LogP contribution in [0.5, 0.6) is 0 Å². The molecule has 0 spiro atoms. The smallest absolute Gasteiger partial charge is 0.251 e. The molecular weight excluding hydrogens is 302 g/mol. The number of benzene rings is 1. The molecule has 2 rings (SSSR count). The van der Waals surface area contributed by atoms with Crippen molar-refractivity contribution in [2.45, 2.75) is 32.2 Å². The summed E-state index contributed by atoms with van der Waals surface area (Å²) in [6, 6.07) is 5.57. The number of hydrogen-bond donors (Lipinski definition) is 1. The average molecular weight is 317 g/mol. The van der Waals surface area contributed by atoms with Crippen LogP contribution in [0.1, 0.15) is 36.5 Å². The molecule has 2 unspecified atom stereocenters. The highest BCUT2D eigenvalue weighted by Crippen LogP contribution is 2.26. The number of hydrogen-bond acceptors (Lipinski definition) is 1. The monoisotopic (exact) mass is 315 g/mol. The van der Waals surface area contributed by atoms with Gasteiger partial charge in [-0.05, 0) is 59.3 Å². The lowest BCUT2D eigenvalue weighted by Crippen LogP contribution is -2.32. The summed E-state index contributed by atoms with van der Waals surface area (Å²) < 4.78 is 0.756. The van der Waals surface area contributed by atoms with E-state index in [2.05, 4.69) is 28.2 Å². The highest BCUT2D eigenvalue weighted by Gasteiger charge is 2.23. The van der Waals surface area contributed by atoms with Crippen molar-refractivity contribution in [2.75, 3.05) is 0 Å². The Kier molecular flexibility index (Phi) is 4.10. The van der Waals surface area contributed by atoms with Crippen molar-refractivity contribution in [2.24, 2.45) is 5.92 Å². The number of carbonyl (C=O) groups excluding carboxylic acids is 1. The minimum absolute atomic E-state index is 0.0125. The van der Waals surface area contributed by atoms with Crippen molar-refractivity contribution in [1.82, 2.24) is 5.32 Å². The molecule has 1 amide bonds. The number of carbonyl (C=O) groups is 1. The molecule has 1 aromatic carbocycles. The number of rotatable bonds is 2. The fourth-order valence-corrected chi connectivity index (χ4v) is 2.74. The van der Waals surface area contributed by atoms with Gasteiger partial charge in [-0.15, -0.1) is 0 Å². The van der Waals surface area contributed by atoms with Crippen LogP contribution in [0.3, 0.4) is 0 Å². The van der Waals surface area contributed by atoms with E-state index in [1.807, 2.05) is 0 Å². The third-order valence-corrected chi connectivity index (χ3v) is 4.43. The lowest BCUT2D eigenvalue weighted by atomic mass is 10.1. The zero-order valence-corrected chi connectivity index (χ0v) is 12.0.